The lowest BCUT2D eigenvalue weighted by atomic mass is 10.0. The second-order valence-corrected chi connectivity index (χ2v) is 6.87. The third-order valence-corrected chi connectivity index (χ3v) is 5.34. The third kappa shape index (κ3) is 3.62. The first-order valence-electron chi connectivity index (χ1n) is 7.83. The Bertz CT molecular complexity index is 695. The molecule has 1 N–H and O–H groups in total. The highest BCUT2D eigenvalue weighted by atomic mass is 32.1. The van der Waals surface area contributed by atoms with Crippen LogP contribution in [0.2, 0.25) is 0 Å². The molecular formula is C18H19NO3S. The maximum Gasteiger partial charge on any atom is 0.345 e. The van der Waals surface area contributed by atoms with Gasteiger partial charge in [0.05, 0.1) is 4.88 Å². The van der Waals surface area contributed by atoms with Crippen molar-refractivity contribution >= 4 is 23.2 Å². The van der Waals surface area contributed by atoms with Crippen molar-refractivity contribution in [1.29, 1.82) is 0 Å². The van der Waals surface area contributed by atoms with Crippen LogP contribution in [0.3, 0.4) is 0 Å². The summed E-state index contributed by atoms with van der Waals surface area (Å²) in [5.74, 6) is -1.01. The molecule has 0 aliphatic carbocycles. The van der Waals surface area contributed by atoms with Crippen molar-refractivity contribution in [2.45, 2.75) is 31.7 Å². The predicted octanol–water partition coefficient (Wildman–Crippen LogP) is 3.68. The van der Waals surface area contributed by atoms with Crippen LogP contribution >= 0.6 is 11.3 Å². The van der Waals surface area contributed by atoms with Crippen LogP contribution in [0.4, 0.5) is 0 Å². The molecule has 2 heterocycles. The molecule has 4 nitrogen and oxygen atoms in total. The Labute approximate surface area is 139 Å². The number of aromatic carboxylic acids is 1. The fourth-order valence-electron chi connectivity index (χ4n) is 3.09. The van der Waals surface area contributed by atoms with Gasteiger partial charge in [0.25, 0.3) is 5.91 Å². The maximum atomic E-state index is 12.6. The minimum absolute atomic E-state index is 0.0296. The molecule has 1 atom stereocenters. The van der Waals surface area contributed by atoms with Crippen LogP contribution in [-0.4, -0.2) is 34.5 Å². The van der Waals surface area contributed by atoms with Crippen molar-refractivity contribution in [1.82, 2.24) is 4.90 Å². The van der Waals surface area contributed by atoms with Gasteiger partial charge in [0.2, 0.25) is 0 Å². The first kappa shape index (κ1) is 15.7. The zero-order valence-electron chi connectivity index (χ0n) is 12.8. The number of thiophene rings is 1. The van der Waals surface area contributed by atoms with Crippen LogP contribution in [0, 0.1) is 0 Å². The van der Waals surface area contributed by atoms with Crippen LogP contribution < -0.4 is 0 Å². The number of aryl methyl sites for hydroxylation is 1. The van der Waals surface area contributed by atoms with Crippen LogP contribution in [0.5, 0.6) is 0 Å². The normalized spacial score (nSPS) is 17.4. The van der Waals surface area contributed by atoms with E-state index >= 15 is 0 Å². The van der Waals surface area contributed by atoms with Crippen LogP contribution in [0.25, 0.3) is 0 Å². The molecule has 5 heteroatoms. The average Bonchev–Trinajstić information content (AvgIpc) is 3.22. The molecule has 0 bridgehead atoms. The Balaban J connectivity index is 1.65. The summed E-state index contributed by atoms with van der Waals surface area (Å²) in [6, 6.07) is 13.7. The molecule has 23 heavy (non-hydrogen) atoms. The average molecular weight is 329 g/mol. The fraction of sp³-hybridized carbons (Fsp3) is 0.333. The monoisotopic (exact) mass is 329 g/mol. The quantitative estimate of drug-likeness (QED) is 0.910. The molecule has 0 saturated carbocycles. The van der Waals surface area contributed by atoms with E-state index in [4.69, 9.17) is 5.11 Å². The summed E-state index contributed by atoms with van der Waals surface area (Å²) in [5.41, 5.74) is 1.29. The summed E-state index contributed by atoms with van der Waals surface area (Å²) in [6.45, 7) is 0.762. The molecular weight excluding hydrogens is 310 g/mol. The number of carbonyl (C=O) groups excluding carboxylic acids is 1. The summed E-state index contributed by atoms with van der Waals surface area (Å²) < 4.78 is 0. The van der Waals surface area contributed by atoms with Gasteiger partial charge >= 0.3 is 5.97 Å². The lowest BCUT2D eigenvalue weighted by molar-refractivity contribution is 0.0700. The molecule has 1 amide bonds. The van der Waals surface area contributed by atoms with Gasteiger partial charge in [-0.15, -0.1) is 11.3 Å². The number of hydrogen-bond donors (Lipinski definition) is 1. The van der Waals surface area contributed by atoms with E-state index in [-0.39, 0.29) is 16.8 Å². The second kappa shape index (κ2) is 6.96. The van der Waals surface area contributed by atoms with Crippen molar-refractivity contribution in [2.75, 3.05) is 6.54 Å². The van der Waals surface area contributed by atoms with E-state index in [2.05, 4.69) is 12.1 Å². The topological polar surface area (TPSA) is 57.6 Å². The van der Waals surface area contributed by atoms with Gasteiger partial charge in [-0.05, 0) is 43.4 Å². The number of amides is 1. The Morgan fingerprint density at radius 3 is 2.57 bits per heavy atom. The number of hydrogen-bond acceptors (Lipinski definition) is 3. The van der Waals surface area contributed by atoms with Crippen molar-refractivity contribution < 1.29 is 14.7 Å². The minimum Gasteiger partial charge on any atom is -0.477 e. The van der Waals surface area contributed by atoms with E-state index in [1.807, 2.05) is 23.1 Å². The highest BCUT2D eigenvalue weighted by Crippen LogP contribution is 2.26. The number of rotatable bonds is 5. The zero-order chi connectivity index (χ0) is 16.2. The molecule has 0 radical (unpaired) electrons. The predicted molar refractivity (Wildman–Crippen MR) is 90.1 cm³/mol. The first-order chi connectivity index (χ1) is 11.1. The summed E-state index contributed by atoms with van der Waals surface area (Å²) >= 11 is 1.06. The van der Waals surface area contributed by atoms with E-state index in [1.165, 1.54) is 11.6 Å². The fourth-order valence-corrected chi connectivity index (χ4v) is 3.89. The van der Waals surface area contributed by atoms with Crippen LogP contribution in [0.15, 0.2) is 42.5 Å². The lowest BCUT2D eigenvalue weighted by Gasteiger charge is -2.24. The zero-order valence-corrected chi connectivity index (χ0v) is 13.6. The smallest absolute Gasteiger partial charge is 0.345 e. The first-order valence-corrected chi connectivity index (χ1v) is 8.65. The number of nitrogens with zero attached hydrogens (tertiary/aromatic N) is 1. The van der Waals surface area contributed by atoms with Gasteiger partial charge in [0, 0.05) is 12.6 Å². The third-order valence-electron chi connectivity index (χ3n) is 4.27. The van der Waals surface area contributed by atoms with E-state index in [9.17, 15) is 9.59 Å². The number of benzene rings is 1. The lowest BCUT2D eigenvalue weighted by Crippen LogP contribution is -2.35. The highest BCUT2D eigenvalue weighted by molar-refractivity contribution is 7.15. The molecule has 1 aliphatic rings. The molecule has 120 valence electrons. The number of likely N-dealkylation sites (tertiary alicyclic amines) is 1. The maximum absolute atomic E-state index is 12.6. The molecule has 1 unspecified atom stereocenters. The molecule has 1 aromatic heterocycles. The molecule has 3 rings (SSSR count). The van der Waals surface area contributed by atoms with Crippen molar-refractivity contribution in [3.05, 3.63) is 57.8 Å². The molecule has 1 aromatic carbocycles. The Hall–Kier alpha value is -2.14. The van der Waals surface area contributed by atoms with Gasteiger partial charge in [0.15, 0.2) is 0 Å². The Morgan fingerprint density at radius 2 is 1.87 bits per heavy atom. The van der Waals surface area contributed by atoms with E-state index in [0.717, 1.165) is 43.6 Å². The number of carbonyl (C=O) groups is 2. The standard InChI is InChI=1S/C18H19NO3S/c20-17(15-10-11-16(23-15)18(21)22)19-12-4-7-14(19)9-8-13-5-2-1-3-6-13/h1-3,5-6,10-11,14H,4,7-9,12H2,(H,21,22). The SMILES string of the molecule is O=C(O)c1ccc(C(=O)N2CCCC2CCc2ccccc2)s1. The van der Waals surface area contributed by atoms with Gasteiger partial charge in [-0.1, -0.05) is 30.3 Å². The van der Waals surface area contributed by atoms with E-state index in [0.29, 0.717) is 4.88 Å². The molecule has 1 fully saturated rings. The number of carboxylic acid groups (broad SMARTS) is 1. The van der Waals surface area contributed by atoms with Gasteiger partial charge in [0.1, 0.15) is 4.88 Å². The van der Waals surface area contributed by atoms with Crippen LogP contribution in [-0.2, 0) is 6.42 Å². The molecule has 0 spiro atoms. The van der Waals surface area contributed by atoms with Crippen molar-refractivity contribution in [2.24, 2.45) is 0 Å². The van der Waals surface area contributed by atoms with Gasteiger partial charge < -0.3 is 10.0 Å². The van der Waals surface area contributed by atoms with Gasteiger partial charge in [-0.25, -0.2) is 4.79 Å². The Kier molecular flexibility index (Phi) is 4.76. The van der Waals surface area contributed by atoms with E-state index < -0.39 is 5.97 Å². The number of carboxylic acids is 1. The largest absolute Gasteiger partial charge is 0.477 e. The molecule has 2 aromatic rings. The summed E-state index contributed by atoms with van der Waals surface area (Å²) in [7, 11) is 0. The van der Waals surface area contributed by atoms with Gasteiger partial charge in [-0.2, -0.15) is 0 Å². The summed E-state index contributed by atoms with van der Waals surface area (Å²) in [4.78, 5) is 26.3. The molecule has 1 aliphatic heterocycles. The van der Waals surface area contributed by atoms with Crippen molar-refractivity contribution in [3.8, 4) is 0 Å². The molecule has 1 saturated heterocycles. The van der Waals surface area contributed by atoms with Gasteiger partial charge in [-0.3, -0.25) is 4.79 Å². The minimum atomic E-state index is -0.976. The summed E-state index contributed by atoms with van der Waals surface area (Å²) in [5, 5.41) is 8.99. The Morgan fingerprint density at radius 1 is 1.13 bits per heavy atom. The second-order valence-electron chi connectivity index (χ2n) is 5.79. The highest BCUT2D eigenvalue weighted by Gasteiger charge is 2.30. The van der Waals surface area contributed by atoms with Crippen molar-refractivity contribution in [3.63, 3.8) is 0 Å². The van der Waals surface area contributed by atoms with E-state index in [1.54, 1.807) is 6.07 Å². The van der Waals surface area contributed by atoms with Crippen LogP contribution in [0.1, 0.15) is 44.2 Å². The summed E-state index contributed by atoms with van der Waals surface area (Å²) in [6.07, 6.45) is 3.95.